The van der Waals surface area contributed by atoms with E-state index >= 15 is 0 Å². The van der Waals surface area contributed by atoms with E-state index in [-0.39, 0.29) is 5.91 Å². The number of rotatable bonds is 2. The van der Waals surface area contributed by atoms with Gasteiger partial charge >= 0.3 is 0 Å². The summed E-state index contributed by atoms with van der Waals surface area (Å²) in [5.74, 6) is 1.07. The fraction of sp³-hybridized carbons (Fsp3) is 0.235. The van der Waals surface area contributed by atoms with Crippen LogP contribution in [0.2, 0.25) is 0 Å². The minimum Gasteiger partial charge on any atom is -0.486 e. The van der Waals surface area contributed by atoms with Crippen LogP contribution in [0.25, 0.3) is 0 Å². The van der Waals surface area contributed by atoms with Crippen molar-refractivity contribution in [1.29, 1.82) is 0 Å². The molecule has 3 rings (SSSR count). The van der Waals surface area contributed by atoms with Crippen molar-refractivity contribution in [2.24, 2.45) is 0 Å². The maximum atomic E-state index is 12.5. The highest BCUT2D eigenvalue weighted by Gasteiger charge is 2.19. The summed E-state index contributed by atoms with van der Waals surface area (Å²) in [5.41, 5.74) is 3.51. The Morgan fingerprint density at radius 1 is 1.09 bits per heavy atom. The van der Waals surface area contributed by atoms with E-state index in [9.17, 15) is 4.79 Å². The predicted molar refractivity (Wildman–Crippen MR) is 89.0 cm³/mol. The van der Waals surface area contributed by atoms with Crippen LogP contribution in [-0.2, 0) is 0 Å². The number of nitrogens with one attached hydrogen (secondary N) is 1. The SMILES string of the molecule is Cc1ccc(NC(=O)c2cc3c(cc2Br)OCCO3)c(C)c1. The maximum Gasteiger partial charge on any atom is 0.256 e. The molecule has 114 valence electrons. The number of hydrogen-bond donors (Lipinski definition) is 1. The number of ether oxygens (including phenoxy) is 2. The number of carbonyl (C=O) groups is 1. The zero-order valence-electron chi connectivity index (χ0n) is 12.4. The van der Waals surface area contributed by atoms with Gasteiger partial charge in [0.05, 0.1) is 5.56 Å². The average Bonchev–Trinajstić information content (AvgIpc) is 2.49. The molecule has 1 amide bonds. The van der Waals surface area contributed by atoms with E-state index in [1.807, 2.05) is 32.0 Å². The largest absolute Gasteiger partial charge is 0.486 e. The van der Waals surface area contributed by atoms with E-state index in [1.165, 1.54) is 0 Å². The van der Waals surface area contributed by atoms with Gasteiger partial charge in [-0.3, -0.25) is 4.79 Å². The van der Waals surface area contributed by atoms with Gasteiger partial charge in [-0.15, -0.1) is 0 Å². The molecule has 2 aromatic rings. The number of carbonyl (C=O) groups excluding carboxylic acids is 1. The van der Waals surface area contributed by atoms with E-state index in [0.29, 0.717) is 34.7 Å². The Morgan fingerprint density at radius 3 is 2.45 bits per heavy atom. The topological polar surface area (TPSA) is 47.6 Å². The summed E-state index contributed by atoms with van der Waals surface area (Å²) in [4.78, 5) is 12.5. The molecule has 2 aromatic carbocycles. The second-order valence-electron chi connectivity index (χ2n) is 5.25. The Hall–Kier alpha value is -2.01. The summed E-state index contributed by atoms with van der Waals surface area (Å²) < 4.78 is 11.7. The molecular formula is C17H16BrNO3. The molecule has 0 bridgehead atoms. The lowest BCUT2D eigenvalue weighted by atomic mass is 10.1. The molecule has 1 aliphatic heterocycles. The molecule has 0 aromatic heterocycles. The minimum absolute atomic E-state index is 0.184. The number of hydrogen-bond acceptors (Lipinski definition) is 3. The van der Waals surface area contributed by atoms with E-state index in [1.54, 1.807) is 12.1 Å². The van der Waals surface area contributed by atoms with Gasteiger partial charge in [-0.25, -0.2) is 0 Å². The Labute approximate surface area is 137 Å². The first-order valence-corrected chi connectivity index (χ1v) is 7.81. The van der Waals surface area contributed by atoms with Gasteiger partial charge in [0.2, 0.25) is 0 Å². The molecule has 1 N–H and O–H groups in total. The van der Waals surface area contributed by atoms with Crippen molar-refractivity contribution >= 4 is 27.5 Å². The lowest BCUT2D eigenvalue weighted by Crippen LogP contribution is -2.18. The van der Waals surface area contributed by atoms with Crippen LogP contribution < -0.4 is 14.8 Å². The lowest BCUT2D eigenvalue weighted by molar-refractivity contribution is 0.102. The van der Waals surface area contributed by atoms with Crippen LogP contribution in [0, 0.1) is 13.8 Å². The molecule has 0 unspecified atom stereocenters. The van der Waals surface area contributed by atoms with Crippen LogP contribution in [0.1, 0.15) is 21.5 Å². The molecule has 0 saturated carbocycles. The summed E-state index contributed by atoms with van der Waals surface area (Å²) in [6.07, 6.45) is 0. The third-order valence-corrected chi connectivity index (χ3v) is 4.16. The lowest BCUT2D eigenvalue weighted by Gasteiger charge is -2.20. The molecule has 0 spiro atoms. The van der Waals surface area contributed by atoms with Gasteiger partial charge in [0, 0.05) is 10.2 Å². The van der Waals surface area contributed by atoms with Crippen molar-refractivity contribution in [2.75, 3.05) is 18.5 Å². The molecule has 0 aliphatic carbocycles. The van der Waals surface area contributed by atoms with Gasteiger partial charge in [-0.2, -0.15) is 0 Å². The molecule has 0 atom stereocenters. The third-order valence-electron chi connectivity index (χ3n) is 3.51. The van der Waals surface area contributed by atoms with Crippen LogP contribution in [0.4, 0.5) is 5.69 Å². The van der Waals surface area contributed by atoms with Crippen molar-refractivity contribution in [3.63, 3.8) is 0 Å². The molecule has 0 fully saturated rings. The van der Waals surface area contributed by atoms with Gasteiger partial charge in [0.1, 0.15) is 13.2 Å². The third kappa shape index (κ3) is 2.95. The molecule has 4 nitrogen and oxygen atoms in total. The Bertz CT molecular complexity index is 743. The quantitative estimate of drug-likeness (QED) is 0.876. The first-order chi connectivity index (χ1) is 10.5. The first-order valence-electron chi connectivity index (χ1n) is 7.02. The Morgan fingerprint density at radius 2 is 1.77 bits per heavy atom. The molecule has 1 heterocycles. The van der Waals surface area contributed by atoms with Gasteiger partial charge in [0.15, 0.2) is 11.5 Å². The van der Waals surface area contributed by atoms with E-state index in [4.69, 9.17) is 9.47 Å². The van der Waals surface area contributed by atoms with Gasteiger partial charge in [-0.05, 0) is 53.5 Å². The summed E-state index contributed by atoms with van der Waals surface area (Å²) in [6.45, 7) is 5.01. The van der Waals surface area contributed by atoms with Crippen LogP contribution in [0.3, 0.4) is 0 Å². The highest BCUT2D eigenvalue weighted by molar-refractivity contribution is 9.10. The van der Waals surface area contributed by atoms with Gasteiger partial charge in [0.25, 0.3) is 5.91 Å². The normalized spacial score (nSPS) is 12.9. The van der Waals surface area contributed by atoms with Crippen molar-refractivity contribution in [3.05, 3.63) is 51.5 Å². The highest BCUT2D eigenvalue weighted by atomic mass is 79.9. The van der Waals surface area contributed by atoms with E-state index in [2.05, 4.69) is 21.2 Å². The first kappa shape index (κ1) is 14.9. The van der Waals surface area contributed by atoms with E-state index in [0.717, 1.165) is 16.8 Å². The fourth-order valence-corrected chi connectivity index (χ4v) is 2.88. The van der Waals surface area contributed by atoms with Gasteiger partial charge < -0.3 is 14.8 Å². The number of benzene rings is 2. The molecule has 0 radical (unpaired) electrons. The number of anilines is 1. The Balaban J connectivity index is 1.88. The van der Waals surface area contributed by atoms with Crippen LogP contribution in [-0.4, -0.2) is 19.1 Å². The van der Waals surface area contributed by atoms with Crippen LogP contribution in [0.15, 0.2) is 34.8 Å². The minimum atomic E-state index is -0.184. The smallest absolute Gasteiger partial charge is 0.256 e. The van der Waals surface area contributed by atoms with Crippen molar-refractivity contribution in [2.45, 2.75) is 13.8 Å². The predicted octanol–water partition coefficient (Wildman–Crippen LogP) is 4.09. The van der Waals surface area contributed by atoms with Crippen LogP contribution in [0.5, 0.6) is 11.5 Å². The molecule has 22 heavy (non-hydrogen) atoms. The number of amides is 1. The van der Waals surface area contributed by atoms with Crippen molar-refractivity contribution in [1.82, 2.24) is 0 Å². The molecular weight excluding hydrogens is 346 g/mol. The summed E-state index contributed by atoms with van der Waals surface area (Å²) in [7, 11) is 0. The maximum absolute atomic E-state index is 12.5. The zero-order chi connectivity index (χ0) is 15.7. The monoisotopic (exact) mass is 361 g/mol. The van der Waals surface area contributed by atoms with Crippen molar-refractivity contribution in [3.8, 4) is 11.5 Å². The molecule has 1 aliphatic rings. The second kappa shape index (κ2) is 6.01. The summed E-state index contributed by atoms with van der Waals surface area (Å²) in [5, 5.41) is 2.94. The second-order valence-corrected chi connectivity index (χ2v) is 6.10. The number of aryl methyl sites for hydroxylation is 2. The number of halogens is 1. The fourth-order valence-electron chi connectivity index (χ4n) is 2.38. The standard InChI is InChI=1S/C17H16BrNO3/c1-10-3-4-14(11(2)7-10)19-17(20)12-8-15-16(9-13(12)18)22-6-5-21-15/h3-4,7-9H,5-6H2,1-2H3,(H,19,20). The molecule has 0 saturated heterocycles. The highest BCUT2D eigenvalue weighted by Crippen LogP contribution is 2.35. The Kier molecular flexibility index (Phi) is 4.07. The average molecular weight is 362 g/mol. The molecule has 5 heteroatoms. The summed E-state index contributed by atoms with van der Waals surface area (Å²) >= 11 is 3.42. The van der Waals surface area contributed by atoms with Gasteiger partial charge in [-0.1, -0.05) is 17.7 Å². The number of fused-ring (bicyclic) bond motifs is 1. The van der Waals surface area contributed by atoms with Crippen LogP contribution >= 0.6 is 15.9 Å². The van der Waals surface area contributed by atoms with E-state index < -0.39 is 0 Å². The zero-order valence-corrected chi connectivity index (χ0v) is 14.0. The van der Waals surface area contributed by atoms with Crippen molar-refractivity contribution < 1.29 is 14.3 Å². The summed E-state index contributed by atoms with van der Waals surface area (Å²) in [6, 6.07) is 9.40.